The SMILES string of the molecule is CC(C)(C)OC(=O)NCNCCN1C(=O)c2cccc3cc([N+](=O)[O-])cc(c23)C1=O. The van der Waals surface area contributed by atoms with E-state index in [1.54, 1.807) is 39.0 Å². The Morgan fingerprint density at radius 1 is 1.17 bits per heavy atom. The van der Waals surface area contributed by atoms with Gasteiger partial charge in [-0.1, -0.05) is 12.1 Å². The first kappa shape index (κ1) is 21.2. The fourth-order valence-electron chi connectivity index (χ4n) is 3.18. The van der Waals surface area contributed by atoms with Crippen LogP contribution in [0.2, 0.25) is 0 Å². The molecule has 0 radical (unpaired) electrons. The van der Waals surface area contributed by atoms with Gasteiger partial charge >= 0.3 is 6.09 Å². The molecule has 0 saturated heterocycles. The van der Waals surface area contributed by atoms with Crippen LogP contribution in [0.25, 0.3) is 10.8 Å². The topological polar surface area (TPSA) is 131 Å². The number of non-ortho nitro benzene ring substituents is 1. The zero-order chi connectivity index (χ0) is 22.1. The van der Waals surface area contributed by atoms with Gasteiger partial charge in [-0.3, -0.25) is 29.9 Å². The van der Waals surface area contributed by atoms with E-state index in [9.17, 15) is 24.5 Å². The van der Waals surface area contributed by atoms with Crippen LogP contribution in [0.5, 0.6) is 0 Å². The minimum atomic E-state index is -0.617. The molecule has 10 nitrogen and oxygen atoms in total. The largest absolute Gasteiger partial charge is 0.444 e. The van der Waals surface area contributed by atoms with Gasteiger partial charge in [-0.2, -0.15) is 0 Å². The third-order valence-corrected chi connectivity index (χ3v) is 4.39. The summed E-state index contributed by atoms with van der Waals surface area (Å²) in [5, 5.41) is 17.5. The summed E-state index contributed by atoms with van der Waals surface area (Å²) in [6.45, 7) is 5.57. The number of nitro benzene ring substituents is 1. The molecule has 0 aliphatic carbocycles. The first-order valence-electron chi connectivity index (χ1n) is 9.33. The molecule has 0 fully saturated rings. The lowest BCUT2D eigenvalue weighted by atomic mass is 9.93. The number of nitrogens with zero attached hydrogens (tertiary/aromatic N) is 2. The molecule has 10 heteroatoms. The number of alkyl carbamates (subject to hydrolysis) is 1. The molecule has 2 aromatic rings. The molecule has 0 spiro atoms. The van der Waals surface area contributed by atoms with Gasteiger partial charge in [0, 0.05) is 36.2 Å². The van der Waals surface area contributed by atoms with Crippen LogP contribution in [0.3, 0.4) is 0 Å². The summed E-state index contributed by atoms with van der Waals surface area (Å²) in [6, 6.07) is 7.40. The third kappa shape index (κ3) is 4.38. The monoisotopic (exact) mass is 414 g/mol. The van der Waals surface area contributed by atoms with Gasteiger partial charge in [0.1, 0.15) is 5.60 Å². The standard InChI is InChI=1S/C20H22N4O6/c1-20(2,3)30-19(27)22-11-21-7-8-23-17(25)14-6-4-5-12-9-13(24(28)29)10-15(16(12)14)18(23)26/h4-6,9-10,21H,7-8,11H2,1-3H3,(H,22,27). The van der Waals surface area contributed by atoms with E-state index < -0.39 is 28.4 Å². The molecule has 158 valence electrons. The number of rotatable bonds is 6. The first-order valence-corrected chi connectivity index (χ1v) is 9.33. The fourth-order valence-corrected chi connectivity index (χ4v) is 3.18. The maximum Gasteiger partial charge on any atom is 0.408 e. The number of amides is 3. The number of hydrogen-bond donors (Lipinski definition) is 2. The Hall–Kier alpha value is -3.53. The van der Waals surface area contributed by atoms with E-state index >= 15 is 0 Å². The zero-order valence-corrected chi connectivity index (χ0v) is 16.9. The van der Waals surface area contributed by atoms with Crippen molar-refractivity contribution in [3.05, 3.63) is 51.6 Å². The average Bonchev–Trinajstić information content (AvgIpc) is 2.66. The first-order chi connectivity index (χ1) is 14.1. The molecule has 30 heavy (non-hydrogen) atoms. The number of benzene rings is 2. The number of ether oxygens (including phenoxy) is 1. The Bertz CT molecular complexity index is 1040. The third-order valence-electron chi connectivity index (χ3n) is 4.39. The number of nitro groups is 1. The lowest BCUT2D eigenvalue weighted by Crippen LogP contribution is -2.45. The van der Waals surface area contributed by atoms with E-state index in [-0.39, 0.29) is 31.0 Å². The lowest BCUT2D eigenvalue weighted by Gasteiger charge is -2.27. The van der Waals surface area contributed by atoms with Crippen molar-refractivity contribution in [1.29, 1.82) is 0 Å². The summed E-state index contributed by atoms with van der Waals surface area (Å²) >= 11 is 0. The minimum Gasteiger partial charge on any atom is -0.444 e. The van der Waals surface area contributed by atoms with Gasteiger partial charge in [-0.05, 0) is 32.2 Å². The molecule has 1 aliphatic rings. The van der Waals surface area contributed by atoms with Gasteiger partial charge in [-0.25, -0.2) is 4.79 Å². The molecule has 2 aromatic carbocycles. The molecular formula is C20H22N4O6. The van der Waals surface area contributed by atoms with Gasteiger partial charge < -0.3 is 10.1 Å². The van der Waals surface area contributed by atoms with E-state index in [0.29, 0.717) is 16.3 Å². The van der Waals surface area contributed by atoms with E-state index in [1.165, 1.54) is 12.1 Å². The van der Waals surface area contributed by atoms with Crippen molar-refractivity contribution in [2.75, 3.05) is 19.8 Å². The van der Waals surface area contributed by atoms with E-state index in [2.05, 4.69) is 10.6 Å². The number of carbonyl (C=O) groups excluding carboxylic acids is 3. The van der Waals surface area contributed by atoms with Crippen molar-refractivity contribution >= 4 is 34.4 Å². The van der Waals surface area contributed by atoms with Crippen LogP contribution in [0.4, 0.5) is 10.5 Å². The second kappa shape index (κ2) is 8.07. The van der Waals surface area contributed by atoms with Crippen LogP contribution in [0, 0.1) is 10.1 Å². The van der Waals surface area contributed by atoms with Gasteiger partial charge in [0.05, 0.1) is 17.2 Å². The Kier molecular flexibility index (Phi) is 5.70. The van der Waals surface area contributed by atoms with Crippen molar-refractivity contribution in [3.8, 4) is 0 Å². The van der Waals surface area contributed by atoms with E-state index in [1.807, 2.05) is 0 Å². The number of nitrogens with one attached hydrogen (secondary N) is 2. The normalized spacial score (nSPS) is 13.5. The summed E-state index contributed by atoms with van der Waals surface area (Å²) in [5.41, 5.74) is -0.379. The molecule has 3 amide bonds. The minimum absolute atomic E-state index is 0.0339. The van der Waals surface area contributed by atoms with Gasteiger partial charge in [0.15, 0.2) is 0 Å². The molecule has 3 rings (SSSR count). The van der Waals surface area contributed by atoms with Gasteiger partial charge in [0.2, 0.25) is 0 Å². The Labute approximate surface area is 172 Å². The van der Waals surface area contributed by atoms with Gasteiger partial charge in [-0.15, -0.1) is 0 Å². The summed E-state index contributed by atoms with van der Waals surface area (Å²) < 4.78 is 5.11. The zero-order valence-electron chi connectivity index (χ0n) is 16.9. The Morgan fingerprint density at radius 2 is 1.87 bits per heavy atom. The number of imide groups is 1. The summed E-state index contributed by atoms with van der Waals surface area (Å²) in [7, 11) is 0. The second-order valence-corrected chi connectivity index (χ2v) is 7.77. The van der Waals surface area contributed by atoms with Crippen LogP contribution >= 0.6 is 0 Å². The highest BCUT2D eigenvalue weighted by Crippen LogP contribution is 2.33. The predicted octanol–water partition coefficient (Wildman–Crippen LogP) is 2.42. The van der Waals surface area contributed by atoms with E-state index in [4.69, 9.17) is 4.74 Å². The van der Waals surface area contributed by atoms with Crippen molar-refractivity contribution in [2.45, 2.75) is 26.4 Å². The fraction of sp³-hybridized carbons (Fsp3) is 0.350. The van der Waals surface area contributed by atoms with Crippen LogP contribution in [-0.2, 0) is 4.74 Å². The molecular weight excluding hydrogens is 392 g/mol. The molecule has 0 unspecified atom stereocenters. The van der Waals surface area contributed by atoms with Crippen molar-refractivity contribution < 1.29 is 24.0 Å². The highest BCUT2D eigenvalue weighted by molar-refractivity contribution is 6.25. The van der Waals surface area contributed by atoms with Crippen molar-refractivity contribution in [3.63, 3.8) is 0 Å². The molecule has 0 aromatic heterocycles. The van der Waals surface area contributed by atoms with Crippen molar-refractivity contribution in [1.82, 2.24) is 15.5 Å². The Balaban J connectivity index is 1.69. The molecule has 1 aliphatic heterocycles. The summed E-state index contributed by atoms with van der Waals surface area (Å²) in [5.74, 6) is -1.05. The molecule has 1 heterocycles. The quantitative estimate of drug-likeness (QED) is 0.244. The number of hydrogen-bond acceptors (Lipinski definition) is 7. The van der Waals surface area contributed by atoms with E-state index in [0.717, 1.165) is 4.90 Å². The molecule has 0 atom stereocenters. The maximum absolute atomic E-state index is 12.9. The highest BCUT2D eigenvalue weighted by Gasteiger charge is 2.33. The smallest absolute Gasteiger partial charge is 0.408 e. The highest BCUT2D eigenvalue weighted by atomic mass is 16.6. The van der Waals surface area contributed by atoms with Crippen molar-refractivity contribution in [2.24, 2.45) is 0 Å². The van der Waals surface area contributed by atoms with Crippen LogP contribution < -0.4 is 10.6 Å². The van der Waals surface area contributed by atoms with Gasteiger partial charge in [0.25, 0.3) is 17.5 Å². The maximum atomic E-state index is 12.9. The summed E-state index contributed by atoms with van der Waals surface area (Å²) in [4.78, 5) is 49.0. The lowest BCUT2D eigenvalue weighted by molar-refractivity contribution is -0.384. The second-order valence-electron chi connectivity index (χ2n) is 7.77. The molecule has 2 N–H and O–H groups in total. The number of carbonyl (C=O) groups is 3. The molecule has 0 bridgehead atoms. The Morgan fingerprint density at radius 3 is 2.53 bits per heavy atom. The van der Waals surface area contributed by atoms with Crippen LogP contribution in [0.15, 0.2) is 30.3 Å². The van der Waals surface area contributed by atoms with Crippen LogP contribution in [0.1, 0.15) is 41.5 Å². The predicted molar refractivity (Wildman–Crippen MR) is 108 cm³/mol. The van der Waals surface area contributed by atoms with Crippen LogP contribution in [-0.4, -0.2) is 53.1 Å². The molecule has 0 saturated carbocycles. The summed E-state index contributed by atoms with van der Waals surface area (Å²) in [6.07, 6.45) is -0.590. The average molecular weight is 414 g/mol.